The van der Waals surface area contributed by atoms with Crippen molar-refractivity contribution in [1.82, 2.24) is 10.2 Å². The molecule has 1 saturated heterocycles. The van der Waals surface area contributed by atoms with Crippen LogP contribution in [0.5, 0.6) is 0 Å². The van der Waals surface area contributed by atoms with Crippen LogP contribution in [0, 0.1) is 11.8 Å². The standard InChI is InChI=1S/C13H26N2O/c1-10-7-15(8-11(10)2)13(9-16-3)6-14-12-4-5-12/h10-14H,4-9H2,1-3H3. The fourth-order valence-electron chi connectivity index (χ4n) is 2.55. The lowest BCUT2D eigenvalue weighted by Gasteiger charge is -2.27. The Kier molecular flexibility index (Phi) is 4.22. The summed E-state index contributed by atoms with van der Waals surface area (Å²) in [4.78, 5) is 2.61. The predicted molar refractivity (Wildman–Crippen MR) is 66.6 cm³/mol. The average molecular weight is 226 g/mol. The summed E-state index contributed by atoms with van der Waals surface area (Å²) in [5, 5.41) is 3.63. The molecule has 3 atom stereocenters. The van der Waals surface area contributed by atoms with Crippen molar-refractivity contribution < 1.29 is 4.74 Å². The summed E-state index contributed by atoms with van der Waals surface area (Å²) in [6.45, 7) is 9.16. The Morgan fingerprint density at radius 1 is 1.25 bits per heavy atom. The van der Waals surface area contributed by atoms with Crippen LogP contribution in [0.15, 0.2) is 0 Å². The summed E-state index contributed by atoms with van der Waals surface area (Å²) >= 11 is 0. The van der Waals surface area contributed by atoms with Crippen molar-refractivity contribution in [2.45, 2.75) is 38.8 Å². The van der Waals surface area contributed by atoms with Crippen LogP contribution in [0.2, 0.25) is 0 Å². The van der Waals surface area contributed by atoms with Crippen molar-refractivity contribution in [3.05, 3.63) is 0 Å². The SMILES string of the molecule is COCC(CNC1CC1)N1CC(C)C(C)C1. The van der Waals surface area contributed by atoms with Crippen molar-refractivity contribution >= 4 is 0 Å². The second-order valence-electron chi connectivity index (χ2n) is 5.70. The maximum Gasteiger partial charge on any atom is 0.0630 e. The lowest BCUT2D eigenvalue weighted by molar-refractivity contribution is 0.101. The highest BCUT2D eigenvalue weighted by Crippen LogP contribution is 2.24. The molecular formula is C13H26N2O. The molecule has 1 aliphatic heterocycles. The third kappa shape index (κ3) is 3.19. The van der Waals surface area contributed by atoms with Gasteiger partial charge in [-0.1, -0.05) is 13.8 Å². The number of nitrogens with zero attached hydrogens (tertiary/aromatic N) is 1. The van der Waals surface area contributed by atoms with Gasteiger partial charge in [0.1, 0.15) is 0 Å². The quantitative estimate of drug-likeness (QED) is 0.740. The third-order valence-corrected chi connectivity index (χ3v) is 4.11. The Bertz CT molecular complexity index is 208. The molecule has 0 amide bonds. The van der Waals surface area contributed by atoms with Crippen LogP contribution < -0.4 is 5.32 Å². The average Bonchev–Trinajstić information content (AvgIpc) is 3.01. The number of hydrogen-bond donors (Lipinski definition) is 1. The number of nitrogens with one attached hydrogen (secondary N) is 1. The fraction of sp³-hybridized carbons (Fsp3) is 1.00. The van der Waals surface area contributed by atoms with Crippen molar-refractivity contribution in [1.29, 1.82) is 0 Å². The second kappa shape index (κ2) is 5.48. The first-order valence-electron chi connectivity index (χ1n) is 6.67. The topological polar surface area (TPSA) is 24.5 Å². The highest BCUT2D eigenvalue weighted by Gasteiger charge is 2.31. The van der Waals surface area contributed by atoms with E-state index in [1.807, 2.05) is 7.11 Å². The van der Waals surface area contributed by atoms with Gasteiger partial charge in [0.2, 0.25) is 0 Å². The molecule has 0 spiro atoms. The van der Waals surface area contributed by atoms with E-state index in [9.17, 15) is 0 Å². The molecule has 2 rings (SSSR count). The number of hydrogen-bond acceptors (Lipinski definition) is 3. The largest absolute Gasteiger partial charge is 0.383 e. The van der Waals surface area contributed by atoms with Crippen LogP contribution in [0.3, 0.4) is 0 Å². The van der Waals surface area contributed by atoms with Crippen LogP contribution >= 0.6 is 0 Å². The predicted octanol–water partition coefficient (Wildman–Crippen LogP) is 1.34. The first-order valence-corrected chi connectivity index (χ1v) is 6.67. The van der Waals surface area contributed by atoms with Crippen LogP contribution in [-0.2, 0) is 4.74 Å². The van der Waals surface area contributed by atoms with Gasteiger partial charge in [0, 0.05) is 38.8 Å². The van der Waals surface area contributed by atoms with Crippen LogP contribution in [0.1, 0.15) is 26.7 Å². The summed E-state index contributed by atoms with van der Waals surface area (Å²) in [5.41, 5.74) is 0. The van der Waals surface area contributed by atoms with E-state index in [1.165, 1.54) is 25.9 Å². The molecule has 1 N–H and O–H groups in total. The molecule has 0 aromatic heterocycles. The smallest absolute Gasteiger partial charge is 0.0630 e. The maximum absolute atomic E-state index is 5.36. The summed E-state index contributed by atoms with van der Waals surface area (Å²) in [6, 6.07) is 1.37. The highest BCUT2D eigenvalue weighted by molar-refractivity contribution is 4.88. The molecule has 3 unspecified atom stereocenters. The number of rotatable bonds is 6. The van der Waals surface area contributed by atoms with E-state index in [1.54, 1.807) is 0 Å². The summed E-state index contributed by atoms with van der Waals surface area (Å²) in [7, 11) is 1.81. The van der Waals surface area contributed by atoms with Gasteiger partial charge in [0.15, 0.2) is 0 Å². The third-order valence-electron chi connectivity index (χ3n) is 4.11. The lowest BCUT2D eigenvalue weighted by atomic mass is 10.0. The normalized spacial score (nSPS) is 33.2. The molecular weight excluding hydrogens is 200 g/mol. The molecule has 3 heteroatoms. The zero-order valence-corrected chi connectivity index (χ0v) is 10.9. The molecule has 94 valence electrons. The van der Waals surface area contributed by atoms with Gasteiger partial charge in [0.05, 0.1) is 6.61 Å². The Morgan fingerprint density at radius 3 is 2.38 bits per heavy atom. The molecule has 2 fully saturated rings. The summed E-state index contributed by atoms with van der Waals surface area (Å²) in [5.74, 6) is 1.67. The van der Waals surface area contributed by atoms with Gasteiger partial charge in [-0.05, 0) is 24.7 Å². The molecule has 0 radical (unpaired) electrons. The summed E-state index contributed by atoms with van der Waals surface area (Å²) < 4.78 is 5.36. The minimum atomic E-state index is 0.568. The Morgan fingerprint density at radius 2 is 1.88 bits per heavy atom. The van der Waals surface area contributed by atoms with E-state index < -0.39 is 0 Å². The van der Waals surface area contributed by atoms with Gasteiger partial charge in [-0.15, -0.1) is 0 Å². The maximum atomic E-state index is 5.36. The molecule has 16 heavy (non-hydrogen) atoms. The Balaban J connectivity index is 1.80. The van der Waals surface area contributed by atoms with Gasteiger partial charge in [-0.3, -0.25) is 4.90 Å². The van der Waals surface area contributed by atoms with Gasteiger partial charge in [-0.2, -0.15) is 0 Å². The second-order valence-corrected chi connectivity index (χ2v) is 5.70. The lowest BCUT2D eigenvalue weighted by Crippen LogP contribution is -2.44. The van der Waals surface area contributed by atoms with Gasteiger partial charge in [0.25, 0.3) is 0 Å². The number of methoxy groups -OCH3 is 1. The van der Waals surface area contributed by atoms with E-state index in [-0.39, 0.29) is 0 Å². The van der Waals surface area contributed by atoms with Gasteiger partial charge >= 0.3 is 0 Å². The van der Waals surface area contributed by atoms with E-state index in [4.69, 9.17) is 4.74 Å². The monoisotopic (exact) mass is 226 g/mol. The molecule has 1 aliphatic carbocycles. The first kappa shape index (κ1) is 12.3. The molecule has 1 heterocycles. The Labute approximate surface area is 99.5 Å². The molecule has 2 aliphatic rings. The minimum absolute atomic E-state index is 0.568. The zero-order chi connectivity index (χ0) is 11.5. The van der Waals surface area contributed by atoms with E-state index in [0.29, 0.717) is 6.04 Å². The van der Waals surface area contributed by atoms with Crippen LogP contribution in [0.25, 0.3) is 0 Å². The highest BCUT2D eigenvalue weighted by atomic mass is 16.5. The van der Waals surface area contributed by atoms with Crippen LogP contribution in [0.4, 0.5) is 0 Å². The van der Waals surface area contributed by atoms with E-state index in [2.05, 4.69) is 24.1 Å². The van der Waals surface area contributed by atoms with E-state index in [0.717, 1.165) is 31.0 Å². The molecule has 1 saturated carbocycles. The molecule has 0 aromatic rings. The number of ether oxygens (including phenoxy) is 1. The summed E-state index contributed by atoms with van der Waals surface area (Å²) in [6.07, 6.45) is 2.74. The molecule has 0 aromatic carbocycles. The van der Waals surface area contributed by atoms with Gasteiger partial charge < -0.3 is 10.1 Å². The van der Waals surface area contributed by atoms with Crippen molar-refractivity contribution in [2.75, 3.05) is 33.4 Å². The Hall–Kier alpha value is -0.120. The van der Waals surface area contributed by atoms with Crippen LogP contribution in [-0.4, -0.2) is 50.3 Å². The molecule has 0 bridgehead atoms. The van der Waals surface area contributed by atoms with Crippen molar-refractivity contribution in [3.63, 3.8) is 0 Å². The molecule has 3 nitrogen and oxygen atoms in total. The minimum Gasteiger partial charge on any atom is -0.383 e. The van der Waals surface area contributed by atoms with Crippen molar-refractivity contribution in [3.8, 4) is 0 Å². The van der Waals surface area contributed by atoms with Gasteiger partial charge in [-0.25, -0.2) is 0 Å². The van der Waals surface area contributed by atoms with E-state index >= 15 is 0 Å². The van der Waals surface area contributed by atoms with Crippen molar-refractivity contribution in [2.24, 2.45) is 11.8 Å². The number of likely N-dealkylation sites (tertiary alicyclic amines) is 1. The first-order chi connectivity index (χ1) is 7.70. The zero-order valence-electron chi connectivity index (χ0n) is 10.9. The fourth-order valence-corrected chi connectivity index (χ4v) is 2.55.